The summed E-state index contributed by atoms with van der Waals surface area (Å²) in [7, 11) is -3.70. The molecule has 2 N–H and O–H groups in total. The smallest absolute Gasteiger partial charge is 0.238 e. The number of primary sulfonamides is 1. The summed E-state index contributed by atoms with van der Waals surface area (Å²) in [6.07, 6.45) is 1.54. The van der Waals surface area contributed by atoms with E-state index in [0.29, 0.717) is 24.6 Å². The van der Waals surface area contributed by atoms with Gasteiger partial charge in [-0.3, -0.25) is 4.90 Å². The molecule has 2 aromatic carbocycles. The first-order valence-electron chi connectivity index (χ1n) is 11.5. The molecule has 3 heterocycles. The van der Waals surface area contributed by atoms with Crippen LogP contribution in [0.4, 0.5) is 5.69 Å². The molecule has 34 heavy (non-hydrogen) atoms. The molecule has 0 radical (unpaired) electrons. The largest absolute Gasteiger partial charge is 0.373 e. The fraction of sp³-hybridized carbons (Fsp3) is 0.400. The highest BCUT2D eigenvalue weighted by Gasteiger charge is 2.28. The van der Waals surface area contributed by atoms with Crippen LogP contribution in [-0.4, -0.2) is 52.1 Å². The number of thiophene rings is 1. The number of nitrogens with two attached hydrogens (primary N) is 1. The Labute approximate surface area is 204 Å². The molecule has 9 heteroatoms. The SMILES string of the molecule is C[C@@H]1CN(c2csc3cc(C#N)ccc23)CCN1CC[C@@H]1OCCc2cc(S(N)(=O)=O)ccc21. The molecule has 0 unspecified atom stereocenters. The molecule has 178 valence electrons. The third-order valence-electron chi connectivity index (χ3n) is 6.95. The summed E-state index contributed by atoms with van der Waals surface area (Å²) in [6, 6.07) is 13.7. The van der Waals surface area contributed by atoms with Gasteiger partial charge in [-0.1, -0.05) is 12.1 Å². The molecule has 2 aliphatic rings. The molecule has 2 atom stereocenters. The van der Waals surface area contributed by atoms with Crippen LogP contribution < -0.4 is 10.0 Å². The van der Waals surface area contributed by atoms with E-state index in [0.717, 1.165) is 48.4 Å². The molecule has 1 fully saturated rings. The number of sulfonamides is 1. The van der Waals surface area contributed by atoms with Crippen molar-refractivity contribution in [2.45, 2.75) is 36.8 Å². The summed E-state index contributed by atoms with van der Waals surface area (Å²) in [6.45, 7) is 6.66. The minimum Gasteiger partial charge on any atom is -0.373 e. The lowest BCUT2D eigenvalue weighted by Gasteiger charge is -2.41. The fourth-order valence-electron chi connectivity index (χ4n) is 5.09. The van der Waals surface area contributed by atoms with Gasteiger partial charge in [0.15, 0.2) is 0 Å². The summed E-state index contributed by atoms with van der Waals surface area (Å²) >= 11 is 1.70. The summed E-state index contributed by atoms with van der Waals surface area (Å²) in [5, 5.41) is 17.9. The predicted molar refractivity (Wildman–Crippen MR) is 135 cm³/mol. The zero-order valence-corrected chi connectivity index (χ0v) is 20.7. The lowest BCUT2D eigenvalue weighted by molar-refractivity contribution is 0.0254. The molecular weight excluding hydrogens is 468 g/mol. The van der Waals surface area contributed by atoms with Crippen molar-refractivity contribution >= 4 is 37.1 Å². The van der Waals surface area contributed by atoms with E-state index in [-0.39, 0.29) is 11.0 Å². The number of hydrogen-bond donors (Lipinski definition) is 1. The van der Waals surface area contributed by atoms with E-state index in [1.54, 1.807) is 23.5 Å². The van der Waals surface area contributed by atoms with Crippen molar-refractivity contribution in [3.05, 3.63) is 58.5 Å². The molecule has 3 aromatic rings. The number of hydrogen-bond acceptors (Lipinski definition) is 7. The van der Waals surface area contributed by atoms with Crippen molar-refractivity contribution < 1.29 is 13.2 Å². The second-order valence-corrected chi connectivity index (χ2v) is 11.6. The summed E-state index contributed by atoms with van der Waals surface area (Å²) in [5.41, 5.74) is 4.05. The van der Waals surface area contributed by atoms with Crippen molar-refractivity contribution in [3.8, 4) is 6.07 Å². The molecule has 1 aromatic heterocycles. The standard InChI is InChI=1S/C25H28N4O3S2/c1-17-15-29(23-16-33-25-12-18(14-26)2-4-22(23)25)10-9-28(17)8-6-24-21-5-3-20(34(27,30)31)13-19(21)7-11-32-24/h2-5,12-13,16-17,24H,6-11,15H2,1H3,(H2,27,30,31)/t17-,24+/m1/s1. The van der Waals surface area contributed by atoms with Crippen LogP contribution in [-0.2, 0) is 21.2 Å². The molecule has 0 saturated carbocycles. The van der Waals surface area contributed by atoms with E-state index < -0.39 is 10.0 Å². The number of ether oxygens (including phenoxy) is 1. The molecule has 0 bridgehead atoms. The Balaban J connectivity index is 1.23. The van der Waals surface area contributed by atoms with Crippen molar-refractivity contribution in [2.24, 2.45) is 5.14 Å². The maximum absolute atomic E-state index is 11.7. The Morgan fingerprint density at radius 3 is 2.85 bits per heavy atom. The van der Waals surface area contributed by atoms with Gasteiger partial charge in [-0.05, 0) is 55.2 Å². The molecule has 7 nitrogen and oxygen atoms in total. The topological polar surface area (TPSA) is 99.7 Å². The van der Waals surface area contributed by atoms with Gasteiger partial charge in [0.2, 0.25) is 10.0 Å². The summed E-state index contributed by atoms with van der Waals surface area (Å²) < 4.78 is 30.6. The van der Waals surface area contributed by atoms with Gasteiger partial charge in [-0.2, -0.15) is 5.26 Å². The van der Waals surface area contributed by atoms with Gasteiger partial charge < -0.3 is 9.64 Å². The molecule has 5 rings (SSSR count). The number of nitriles is 1. The highest BCUT2D eigenvalue weighted by molar-refractivity contribution is 7.89. The van der Waals surface area contributed by atoms with Gasteiger partial charge in [-0.15, -0.1) is 11.3 Å². The number of rotatable bonds is 5. The summed E-state index contributed by atoms with van der Waals surface area (Å²) in [5.74, 6) is 0. The quantitative estimate of drug-likeness (QED) is 0.579. The maximum Gasteiger partial charge on any atom is 0.238 e. The van der Waals surface area contributed by atoms with Gasteiger partial charge in [-0.25, -0.2) is 13.6 Å². The zero-order chi connectivity index (χ0) is 23.9. The Morgan fingerprint density at radius 1 is 1.24 bits per heavy atom. The first kappa shape index (κ1) is 23.3. The Hall–Kier alpha value is -2.48. The highest BCUT2D eigenvalue weighted by atomic mass is 32.2. The molecular formula is C25H28N4O3S2. The van der Waals surface area contributed by atoms with Crippen molar-refractivity contribution in [1.82, 2.24) is 4.90 Å². The average molecular weight is 497 g/mol. The van der Waals surface area contributed by atoms with Crippen LogP contribution >= 0.6 is 11.3 Å². The van der Waals surface area contributed by atoms with Crippen molar-refractivity contribution in [3.63, 3.8) is 0 Å². The van der Waals surface area contributed by atoms with Crippen molar-refractivity contribution in [2.75, 3.05) is 37.7 Å². The second-order valence-electron chi connectivity index (χ2n) is 9.08. The molecule has 1 saturated heterocycles. The molecule has 2 aliphatic heterocycles. The van der Waals surface area contributed by atoms with Crippen LogP contribution in [0, 0.1) is 11.3 Å². The minimum absolute atomic E-state index is 0.0290. The Morgan fingerprint density at radius 2 is 2.09 bits per heavy atom. The molecule has 0 spiro atoms. The van der Waals surface area contributed by atoms with Crippen LogP contribution in [0.1, 0.15) is 36.1 Å². The van der Waals surface area contributed by atoms with E-state index in [1.807, 2.05) is 18.2 Å². The zero-order valence-electron chi connectivity index (χ0n) is 19.1. The number of anilines is 1. The monoisotopic (exact) mass is 496 g/mol. The van der Waals surface area contributed by atoms with Crippen molar-refractivity contribution in [1.29, 1.82) is 5.26 Å². The first-order valence-corrected chi connectivity index (χ1v) is 13.9. The van der Waals surface area contributed by atoms with Gasteiger partial charge >= 0.3 is 0 Å². The lowest BCUT2D eigenvalue weighted by Crippen LogP contribution is -2.52. The third kappa shape index (κ3) is 4.57. The Kier molecular flexibility index (Phi) is 6.35. The normalized spacial score (nSPS) is 21.4. The second kappa shape index (κ2) is 9.29. The first-order chi connectivity index (χ1) is 16.3. The van der Waals surface area contributed by atoms with Gasteiger partial charge in [0.05, 0.1) is 34.9 Å². The van der Waals surface area contributed by atoms with Gasteiger partial charge in [0.1, 0.15) is 0 Å². The van der Waals surface area contributed by atoms with Crippen LogP contribution in [0.3, 0.4) is 0 Å². The summed E-state index contributed by atoms with van der Waals surface area (Å²) in [4.78, 5) is 5.13. The minimum atomic E-state index is -3.70. The maximum atomic E-state index is 11.7. The van der Waals surface area contributed by atoms with E-state index in [9.17, 15) is 8.42 Å². The third-order valence-corrected chi connectivity index (χ3v) is 8.79. The van der Waals surface area contributed by atoms with E-state index >= 15 is 0 Å². The number of fused-ring (bicyclic) bond motifs is 2. The van der Waals surface area contributed by atoms with E-state index in [2.05, 4.69) is 34.2 Å². The van der Waals surface area contributed by atoms with E-state index in [4.69, 9.17) is 15.1 Å². The number of benzene rings is 2. The number of nitrogens with zero attached hydrogens (tertiary/aromatic N) is 3. The van der Waals surface area contributed by atoms with Crippen LogP contribution in [0.15, 0.2) is 46.7 Å². The predicted octanol–water partition coefficient (Wildman–Crippen LogP) is 3.63. The van der Waals surface area contributed by atoms with Gasteiger partial charge in [0.25, 0.3) is 0 Å². The Bertz CT molecular complexity index is 1360. The van der Waals surface area contributed by atoms with E-state index in [1.165, 1.54) is 11.1 Å². The molecule has 0 amide bonds. The fourth-order valence-corrected chi connectivity index (χ4v) is 6.66. The number of piperazine rings is 1. The average Bonchev–Trinajstić information content (AvgIpc) is 3.25. The van der Waals surface area contributed by atoms with Crippen LogP contribution in [0.2, 0.25) is 0 Å². The van der Waals surface area contributed by atoms with Crippen LogP contribution in [0.25, 0.3) is 10.1 Å². The molecule has 0 aliphatic carbocycles. The van der Waals surface area contributed by atoms with Crippen LogP contribution in [0.5, 0.6) is 0 Å². The lowest BCUT2D eigenvalue weighted by atomic mass is 9.95. The van der Waals surface area contributed by atoms with Gasteiger partial charge in [0, 0.05) is 47.7 Å². The highest BCUT2D eigenvalue weighted by Crippen LogP contribution is 2.35.